The summed E-state index contributed by atoms with van der Waals surface area (Å²) in [7, 11) is 3.26. The Hall–Kier alpha value is -3.20. The molecule has 0 radical (unpaired) electrons. The Morgan fingerprint density at radius 1 is 1.29 bits per heavy atom. The van der Waals surface area contributed by atoms with E-state index in [2.05, 4.69) is 30.6 Å². The first-order valence-electron chi connectivity index (χ1n) is 8.54. The molecule has 28 heavy (non-hydrogen) atoms. The second-order valence-corrected chi connectivity index (χ2v) is 6.85. The van der Waals surface area contributed by atoms with Crippen LogP contribution < -0.4 is 10.6 Å². The van der Waals surface area contributed by atoms with Crippen molar-refractivity contribution in [2.45, 2.75) is 13.0 Å². The van der Waals surface area contributed by atoms with Crippen LogP contribution in [0.2, 0.25) is 5.02 Å². The number of amides is 2. The van der Waals surface area contributed by atoms with Crippen LogP contribution in [-0.2, 0) is 9.59 Å². The first kappa shape index (κ1) is 19.6. The molecule has 146 valence electrons. The topological polar surface area (TPSA) is 116 Å². The number of halogens is 1. The number of anilines is 1. The number of fused-ring (bicyclic) bond motifs is 1. The summed E-state index contributed by atoms with van der Waals surface area (Å²) in [4.78, 5) is 41.2. The quantitative estimate of drug-likeness (QED) is 0.578. The molecule has 0 aliphatic rings. The standard InChI is InChI=1S/C18H20ClN7O2/c1-10(18(28)23-9-16(27)26(2)3)24-15-8-20-7-14(25-15)13-6-22-17-12(13)4-11(19)5-21-17/h4-8,10H,9H2,1-3H3,(H,21,22)(H,23,28)(H,24,25)/t10-/m1/s1. The maximum atomic E-state index is 12.2. The van der Waals surface area contributed by atoms with E-state index in [9.17, 15) is 9.59 Å². The fourth-order valence-corrected chi connectivity index (χ4v) is 2.67. The SMILES string of the molecule is C[C@@H](Nc1cncc(-c2c[nH]c3ncc(Cl)cc23)n1)C(=O)NCC(=O)N(C)C. The average Bonchev–Trinajstić information content (AvgIpc) is 3.08. The van der Waals surface area contributed by atoms with Gasteiger partial charge in [-0.15, -0.1) is 0 Å². The Balaban J connectivity index is 1.73. The number of carbonyl (C=O) groups excluding carboxylic acids is 2. The van der Waals surface area contributed by atoms with Crippen molar-refractivity contribution in [3.05, 3.63) is 35.9 Å². The lowest BCUT2D eigenvalue weighted by molar-refractivity contribution is -0.131. The lowest BCUT2D eigenvalue weighted by Gasteiger charge is -2.16. The predicted molar refractivity (Wildman–Crippen MR) is 107 cm³/mol. The average molecular weight is 402 g/mol. The first-order valence-corrected chi connectivity index (χ1v) is 8.92. The third-order valence-electron chi connectivity index (χ3n) is 4.08. The van der Waals surface area contributed by atoms with Gasteiger partial charge in [0.2, 0.25) is 11.8 Å². The number of aromatic nitrogens is 4. The fourth-order valence-electron chi connectivity index (χ4n) is 2.52. The van der Waals surface area contributed by atoms with Crippen molar-refractivity contribution < 1.29 is 9.59 Å². The summed E-state index contributed by atoms with van der Waals surface area (Å²) in [5, 5.41) is 6.93. The number of pyridine rings is 1. The van der Waals surface area contributed by atoms with Gasteiger partial charge in [0, 0.05) is 37.4 Å². The number of likely N-dealkylation sites (N-methyl/N-ethyl adjacent to an activating group) is 1. The molecule has 0 aromatic carbocycles. The summed E-state index contributed by atoms with van der Waals surface area (Å²) in [6.07, 6.45) is 6.49. The zero-order chi connectivity index (χ0) is 20.3. The number of nitrogens with zero attached hydrogens (tertiary/aromatic N) is 4. The van der Waals surface area contributed by atoms with Crippen molar-refractivity contribution in [1.82, 2.24) is 30.2 Å². The molecule has 3 rings (SSSR count). The van der Waals surface area contributed by atoms with Crippen LogP contribution in [0.15, 0.2) is 30.9 Å². The molecule has 0 saturated carbocycles. The monoisotopic (exact) mass is 401 g/mol. The highest BCUT2D eigenvalue weighted by molar-refractivity contribution is 6.31. The van der Waals surface area contributed by atoms with E-state index in [4.69, 9.17) is 11.6 Å². The van der Waals surface area contributed by atoms with Crippen molar-refractivity contribution in [3.8, 4) is 11.3 Å². The number of hydrogen-bond acceptors (Lipinski definition) is 6. The van der Waals surface area contributed by atoms with Gasteiger partial charge in [-0.3, -0.25) is 14.6 Å². The number of hydrogen-bond donors (Lipinski definition) is 3. The summed E-state index contributed by atoms with van der Waals surface area (Å²) in [6.45, 7) is 1.62. The number of carbonyl (C=O) groups is 2. The summed E-state index contributed by atoms with van der Waals surface area (Å²) < 4.78 is 0. The van der Waals surface area contributed by atoms with Gasteiger partial charge in [-0.1, -0.05) is 11.6 Å². The van der Waals surface area contributed by atoms with Gasteiger partial charge in [0.25, 0.3) is 0 Å². The number of aromatic amines is 1. The molecule has 3 aromatic heterocycles. The number of H-pyrrole nitrogens is 1. The minimum atomic E-state index is -0.599. The highest BCUT2D eigenvalue weighted by atomic mass is 35.5. The van der Waals surface area contributed by atoms with E-state index in [1.54, 1.807) is 45.7 Å². The third kappa shape index (κ3) is 4.37. The van der Waals surface area contributed by atoms with Crippen LogP contribution in [0.1, 0.15) is 6.92 Å². The molecular weight excluding hydrogens is 382 g/mol. The molecule has 0 bridgehead atoms. The second-order valence-electron chi connectivity index (χ2n) is 6.41. The van der Waals surface area contributed by atoms with E-state index in [0.717, 1.165) is 10.9 Å². The van der Waals surface area contributed by atoms with Gasteiger partial charge in [-0.25, -0.2) is 9.97 Å². The molecule has 3 aromatic rings. The summed E-state index contributed by atoms with van der Waals surface area (Å²) >= 11 is 6.05. The Morgan fingerprint density at radius 3 is 2.82 bits per heavy atom. The predicted octanol–water partition coefficient (Wildman–Crippen LogP) is 1.68. The minimum absolute atomic E-state index is 0.0628. The highest BCUT2D eigenvalue weighted by Crippen LogP contribution is 2.28. The van der Waals surface area contributed by atoms with Crippen LogP contribution in [0.3, 0.4) is 0 Å². The lowest BCUT2D eigenvalue weighted by atomic mass is 10.1. The fraction of sp³-hybridized carbons (Fsp3) is 0.278. The summed E-state index contributed by atoms with van der Waals surface area (Å²) in [5.74, 6) is -0.0668. The van der Waals surface area contributed by atoms with Gasteiger partial charge in [0.15, 0.2) is 0 Å². The zero-order valence-corrected chi connectivity index (χ0v) is 16.4. The Kier molecular flexibility index (Phi) is 5.74. The zero-order valence-electron chi connectivity index (χ0n) is 15.7. The molecular formula is C18H20ClN7O2. The third-order valence-corrected chi connectivity index (χ3v) is 4.29. The first-order chi connectivity index (χ1) is 13.3. The molecule has 3 heterocycles. The van der Waals surface area contributed by atoms with E-state index < -0.39 is 6.04 Å². The minimum Gasteiger partial charge on any atom is -0.357 e. The lowest BCUT2D eigenvalue weighted by Crippen LogP contribution is -2.42. The molecule has 10 heteroatoms. The molecule has 0 aliphatic carbocycles. The molecule has 1 atom stereocenters. The molecule has 9 nitrogen and oxygen atoms in total. The molecule has 2 amide bonds. The van der Waals surface area contributed by atoms with Crippen molar-refractivity contribution in [2.24, 2.45) is 0 Å². The van der Waals surface area contributed by atoms with Crippen LogP contribution in [0.4, 0.5) is 5.82 Å². The van der Waals surface area contributed by atoms with Gasteiger partial charge in [-0.2, -0.15) is 0 Å². The van der Waals surface area contributed by atoms with Gasteiger partial charge in [-0.05, 0) is 13.0 Å². The Labute approximate surface area is 166 Å². The van der Waals surface area contributed by atoms with Gasteiger partial charge >= 0.3 is 0 Å². The maximum Gasteiger partial charge on any atom is 0.242 e. The van der Waals surface area contributed by atoms with E-state index in [1.165, 1.54) is 11.1 Å². The van der Waals surface area contributed by atoms with Crippen LogP contribution in [0.25, 0.3) is 22.3 Å². The molecule has 0 aliphatic heterocycles. The van der Waals surface area contributed by atoms with E-state index in [1.807, 2.05) is 0 Å². The number of nitrogens with one attached hydrogen (secondary N) is 3. The molecule has 0 saturated heterocycles. The van der Waals surface area contributed by atoms with Crippen LogP contribution >= 0.6 is 11.6 Å². The van der Waals surface area contributed by atoms with Crippen LogP contribution in [0.5, 0.6) is 0 Å². The van der Waals surface area contributed by atoms with E-state index in [0.29, 0.717) is 22.2 Å². The molecule has 0 unspecified atom stereocenters. The Morgan fingerprint density at radius 2 is 2.07 bits per heavy atom. The van der Waals surface area contributed by atoms with Gasteiger partial charge < -0.3 is 20.5 Å². The molecule has 0 fully saturated rings. The number of rotatable bonds is 6. The van der Waals surface area contributed by atoms with Crippen molar-refractivity contribution in [2.75, 3.05) is 26.0 Å². The maximum absolute atomic E-state index is 12.2. The highest BCUT2D eigenvalue weighted by Gasteiger charge is 2.16. The largest absolute Gasteiger partial charge is 0.357 e. The molecule has 0 spiro atoms. The summed E-state index contributed by atoms with van der Waals surface area (Å²) in [6, 6.07) is 1.20. The molecule has 3 N–H and O–H groups in total. The van der Waals surface area contributed by atoms with Gasteiger partial charge in [0.1, 0.15) is 17.5 Å². The van der Waals surface area contributed by atoms with Crippen molar-refractivity contribution in [1.29, 1.82) is 0 Å². The van der Waals surface area contributed by atoms with Crippen molar-refractivity contribution >= 4 is 40.3 Å². The van der Waals surface area contributed by atoms with Crippen LogP contribution in [-0.4, -0.2) is 63.3 Å². The van der Waals surface area contributed by atoms with Gasteiger partial charge in [0.05, 0.1) is 29.7 Å². The normalized spacial score (nSPS) is 11.9. The van der Waals surface area contributed by atoms with E-state index >= 15 is 0 Å². The smallest absolute Gasteiger partial charge is 0.242 e. The second kappa shape index (κ2) is 8.22. The van der Waals surface area contributed by atoms with E-state index in [-0.39, 0.29) is 18.4 Å². The van der Waals surface area contributed by atoms with Crippen molar-refractivity contribution in [3.63, 3.8) is 0 Å². The Bertz CT molecular complexity index is 1020. The van der Waals surface area contributed by atoms with Crippen LogP contribution in [0, 0.1) is 0 Å². The summed E-state index contributed by atoms with van der Waals surface area (Å²) in [5.41, 5.74) is 2.10.